The zero-order chi connectivity index (χ0) is 20.3. The number of nitrogens with two attached hydrogens (primary N) is 1. The lowest BCUT2D eigenvalue weighted by Gasteiger charge is -2.31. The second-order valence-electron chi connectivity index (χ2n) is 6.61. The Morgan fingerprint density at radius 1 is 1.29 bits per heavy atom. The molecule has 1 aromatic heterocycles. The number of piperidine rings is 1. The van der Waals surface area contributed by atoms with Gasteiger partial charge in [-0.1, -0.05) is 12.1 Å². The van der Waals surface area contributed by atoms with E-state index in [1.807, 2.05) is 4.90 Å². The average molecular weight is 395 g/mol. The van der Waals surface area contributed by atoms with Crippen LogP contribution in [0.4, 0.5) is 30.5 Å². The Hall–Kier alpha value is -3.04. The Kier molecular flexibility index (Phi) is 5.57. The highest BCUT2D eigenvalue weighted by molar-refractivity contribution is 5.75. The lowest BCUT2D eigenvalue weighted by atomic mass is 9.97. The first-order chi connectivity index (χ1) is 13.3. The minimum Gasteiger partial charge on any atom is -0.481 e. The molecular formula is C18H20F3N5O2. The van der Waals surface area contributed by atoms with Gasteiger partial charge in [0.05, 0.1) is 11.5 Å². The molecule has 0 saturated carbocycles. The number of carboxylic acids is 1. The molecule has 0 bridgehead atoms. The molecule has 2 aromatic rings. The van der Waals surface area contributed by atoms with Gasteiger partial charge >= 0.3 is 12.1 Å². The second-order valence-corrected chi connectivity index (χ2v) is 6.61. The first-order valence-electron chi connectivity index (χ1n) is 8.74. The molecule has 4 N–H and O–H groups in total. The number of nitrogens with zero attached hydrogens (tertiary/aromatic N) is 3. The van der Waals surface area contributed by atoms with E-state index < -0.39 is 17.7 Å². The lowest BCUT2D eigenvalue weighted by Crippen LogP contribution is -2.37. The SMILES string of the molecule is Nc1c(NCc2cccc(C(F)(F)F)c2)ncnc1N1CCC(C(=O)O)CC1. The van der Waals surface area contributed by atoms with Gasteiger partial charge < -0.3 is 21.1 Å². The van der Waals surface area contributed by atoms with E-state index in [0.29, 0.717) is 43.1 Å². The van der Waals surface area contributed by atoms with Gasteiger partial charge in [-0.2, -0.15) is 13.2 Å². The van der Waals surface area contributed by atoms with Crippen molar-refractivity contribution in [3.63, 3.8) is 0 Å². The smallest absolute Gasteiger partial charge is 0.416 e. The quantitative estimate of drug-likeness (QED) is 0.715. The summed E-state index contributed by atoms with van der Waals surface area (Å²) in [6, 6.07) is 5.02. The van der Waals surface area contributed by atoms with E-state index >= 15 is 0 Å². The fourth-order valence-corrected chi connectivity index (χ4v) is 3.16. The largest absolute Gasteiger partial charge is 0.481 e. The predicted molar refractivity (Wildman–Crippen MR) is 97.8 cm³/mol. The Balaban J connectivity index is 1.69. The van der Waals surface area contributed by atoms with Crippen LogP contribution in [0.5, 0.6) is 0 Å². The summed E-state index contributed by atoms with van der Waals surface area (Å²) in [4.78, 5) is 21.2. The summed E-state index contributed by atoms with van der Waals surface area (Å²) in [5.74, 6) is -0.371. The number of aliphatic carboxylic acids is 1. The van der Waals surface area contributed by atoms with E-state index in [0.717, 1.165) is 12.1 Å². The Labute approximate surface area is 159 Å². The Bertz CT molecular complexity index is 851. The molecule has 0 atom stereocenters. The summed E-state index contributed by atoms with van der Waals surface area (Å²) in [6.07, 6.45) is -2.10. The third-order valence-electron chi connectivity index (χ3n) is 4.72. The van der Waals surface area contributed by atoms with Crippen LogP contribution in [0.15, 0.2) is 30.6 Å². The van der Waals surface area contributed by atoms with Crippen molar-refractivity contribution in [1.82, 2.24) is 9.97 Å². The highest BCUT2D eigenvalue weighted by Gasteiger charge is 2.30. The molecule has 1 aliphatic heterocycles. The van der Waals surface area contributed by atoms with Crippen LogP contribution in [0, 0.1) is 5.92 Å². The fourth-order valence-electron chi connectivity index (χ4n) is 3.16. The van der Waals surface area contributed by atoms with Crippen LogP contribution in [0.3, 0.4) is 0 Å². The number of anilines is 3. The fraction of sp³-hybridized carbons (Fsp3) is 0.389. The topological polar surface area (TPSA) is 104 Å². The molecule has 1 saturated heterocycles. The molecule has 0 amide bonds. The summed E-state index contributed by atoms with van der Waals surface area (Å²) in [7, 11) is 0. The van der Waals surface area contributed by atoms with Gasteiger partial charge in [0.1, 0.15) is 12.0 Å². The number of carboxylic acid groups (broad SMARTS) is 1. The molecular weight excluding hydrogens is 375 g/mol. The Morgan fingerprint density at radius 2 is 2.00 bits per heavy atom. The highest BCUT2D eigenvalue weighted by Crippen LogP contribution is 2.31. The van der Waals surface area contributed by atoms with Gasteiger partial charge in [0, 0.05) is 19.6 Å². The van der Waals surface area contributed by atoms with Gasteiger partial charge in [-0.15, -0.1) is 0 Å². The number of rotatable bonds is 5. The molecule has 0 spiro atoms. The highest BCUT2D eigenvalue weighted by atomic mass is 19.4. The number of halogens is 3. The van der Waals surface area contributed by atoms with Crippen LogP contribution in [0.2, 0.25) is 0 Å². The van der Waals surface area contributed by atoms with Gasteiger partial charge in [0.25, 0.3) is 0 Å². The number of benzene rings is 1. The number of carbonyl (C=O) groups is 1. The summed E-state index contributed by atoms with van der Waals surface area (Å²) < 4.78 is 38.5. The van der Waals surface area contributed by atoms with Crippen LogP contribution in [0.1, 0.15) is 24.0 Å². The molecule has 2 heterocycles. The van der Waals surface area contributed by atoms with E-state index in [-0.39, 0.29) is 18.2 Å². The maximum atomic E-state index is 12.8. The van der Waals surface area contributed by atoms with E-state index in [2.05, 4.69) is 15.3 Å². The summed E-state index contributed by atoms with van der Waals surface area (Å²) in [6.45, 7) is 1.13. The van der Waals surface area contributed by atoms with Crippen molar-refractivity contribution >= 4 is 23.3 Å². The van der Waals surface area contributed by atoms with E-state index in [1.54, 1.807) is 6.07 Å². The zero-order valence-corrected chi connectivity index (χ0v) is 14.9. The van der Waals surface area contributed by atoms with Gasteiger partial charge in [0.2, 0.25) is 0 Å². The average Bonchev–Trinajstić information content (AvgIpc) is 2.67. The summed E-state index contributed by atoms with van der Waals surface area (Å²) >= 11 is 0. The van der Waals surface area contributed by atoms with Crippen molar-refractivity contribution in [1.29, 1.82) is 0 Å². The normalized spacial score (nSPS) is 15.5. The molecule has 0 unspecified atom stereocenters. The van der Waals surface area contributed by atoms with Crippen LogP contribution in [0.25, 0.3) is 0 Å². The van der Waals surface area contributed by atoms with Crippen LogP contribution in [-0.4, -0.2) is 34.1 Å². The number of alkyl halides is 3. The van der Waals surface area contributed by atoms with Gasteiger partial charge in [-0.05, 0) is 30.5 Å². The lowest BCUT2D eigenvalue weighted by molar-refractivity contribution is -0.142. The molecule has 1 fully saturated rings. The molecule has 0 radical (unpaired) electrons. The number of hydrogen-bond acceptors (Lipinski definition) is 6. The van der Waals surface area contributed by atoms with Gasteiger partial charge in [-0.25, -0.2) is 9.97 Å². The van der Waals surface area contributed by atoms with Crippen LogP contribution in [-0.2, 0) is 17.5 Å². The number of nitrogens with one attached hydrogen (secondary N) is 1. The molecule has 3 rings (SSSR count). The third kappa shape index (κ3) is 4.44. The van der Waals surface area contributed by atoms with Crippen molar-refractivity contribution in [2.45, 2.75) is 25.6 Å². The molecule has 10 heteroatoms. The van der Waals surface area contributed by atoms with Crippen molar-refractivity contribution in [2.75, 3.05) is 29.0 Å². The summed E-state index contributed by atoms with van der Waals surface area (Å²) in [5, 5.41) is 12.0. The number of hydrogen-bond donors (Lipinski definition) is 3. The molecule has 1 aliphatic rings. The maximum Gasteiger partial charge on any atom is 0.416 e. The van der Waals surface area contributed by atoms with Crippen molar-refractivity contribution in [3.8, 4) is 0 Å². The first-order valence-corrected chi connectivity index (χ1v) is 8.74. The molecule has 150 valence electrons. The van der Waals surface area contributed by atoms with E-state index in [1.165, 1.54) is 12.4 Å². The molecule has 28 heavy (non-hydrogen) atoms. The molecule has 0 aliphatic carbocycles. The van der Waals surface area contributed by atoms with Crippen molar-refractivity contribution < 1.29 is 23.1 Å². The van der Waals surface area contributed by atoms with E-state index in [4.69, 9.17) is 10.8 Å². The first kappa shape index (κ1) is 19.7. The molecule has 7 nitrogen and oxygen atoms in total. The minimum absolute atomic E-state index is 0.117. The maximum absolute atomic E-state index is 12.8. The predicted octanol–water partition coefficient (Wildman–Crippen LogP) is 2.99. The number of aromatic nitrogens is 2. The summed E-state index contributed by atoms with van der Waals surface area (Å²) in [5.41, 5.74) is 6.15. The van der Waals surface area contributed by atoms with Crippen molar-refractivity contribution in [2.24, 2.45) is 5.92 Å². The van der Waals surface area contributed by atoms with Crippen molar-refractivity contribution in [3.05, 3.63) is 41.7 Å². The monoisotopic (exact) mass is 395 g/mol. The standard InChI is InChI=1S/C18H20F3N5O2/c19-18(20,21)13-3-1-2-11(8-13)9-23-15-14(22)16(25-10-24-15)26-6-4-12(5-7-26)17(27)28/h1-3,8,10,12H,4-7,9,22H2,(H,27,28)(H,23,24,25). The van der Waals surface area contributed by atoms with Gasteiger partial charge in [0.15, 0.2) is 11.6 Å². The molecule has 1 aromatic carbocycles. The third-order valence-corrected chi connectivity index (χ3v) is 4.72. The van der Waals surface area contributed by atoms with E-state index in [9.17, 15) is 18.0 Å². The van der Waals surface area contributed by atoms with Crippen LogP contribution >= 0.6 is 0 Å². The minimum atomic E-state index is -4.40. The van der Waals surface area contributed by atoms with Crippen LogP contribution < -0.4 is 16.0 Å². The van der Waals surface area contributed by atoms with Gasteiger partial charge in [-0.3, -0.25) is 4.79 Å². The number of nitrogen functional groups attached to an aromatic ring is 1. The second kappa shape index (κ2) is 7.91. The Morgan fingerprint density at radius 3 is 2.64 bits per heavy atom. The zero-order valence-electron chi connectivity index (χ0n) is 14.9.